The third-order valence-corrected chi connectivity index (χ3v) is 7.93. The van der Waals surface area contributed by atoms with E-state index in [1.54, 1.807) is 19.1 Å². The van der Waals surface area contributed by atoms with Gasteiger partial charge in [0.25, 0.3) is 0 Å². The molecule has 9 heteroatoms. The van der Waals surface area contributed by atoms with E-state index >= 15 is 0 Å². The quantitative estimate of drug-likeness (QED) is 0.551. The Balaban J connectivity index is 1.44. The van der Waals surface area contributed by atoms with Crippen LogP contribution in [0.3, 0.4) is 0 Å². The molecule has 1 fully saturated rings. The van der Waals surface area contributed by atoms with Crippen molar-refractivity contribution in [2.24, 2.45) is 5.92 Å². The fourth-order valence-electron chi connectivity index (χ4n) is 3.91. The molecule has 0 spiro atoms. The number of aromatic nitrogens is 1. The molecule has 1 aliphatic rings. The molecule has 4 rings (SSSR count). The molecule has 0 atom stereocenters. The smallest absolute Gasteiger partial charge is 0.248 e. The van der Waals surface area contributed by atoms with Crippen LogP contribution in [-0.4, -0.2) is 36.9 Å². The molecule has 1 amide bonds. The predicted octanol–water partition coefficient (Wildman–Crippen LogP) is 4.64. The van der Waals surface area contributed by atoms with Gasteiger partial charge in [-0.2, -0.15) is 4.31 Å². The fraction of sp³-hybridized carbons (Fsp3) is 0.280. The maximum absolute atomic E-state index is 13.4. The van der Waals surface area contributed by atoms with E-state index in [1.807, 2.05) is 31.2 Å². The highest BCUT2D eigenvalue weighted by atomic mass is 32.2. The van der Waals surface area contributed by atoms with Crippen LogP contribution in [0.1, 0.15) is 35.4 Å². The zero-order valence-electron chi connectivity index (χ0n) is 19.0. The van der Waals surface area contributed by atoms with Crippen LogP contribution in [0.25, 0.3) is 12.2 Å². The van der Waals surface area contributed by atoms with Crippen molar-refractivity contribution < 1.29 is 22.1 Å². The number of hydrogen-bond donors (Lipinski definition) is 1. The number of aryl methyl sites for hydroxylation is 2. The van der Waals surface area contributed by atoms with Crippen molar-refractivity contribution in [3.05, 3.63) is 76.9 Å². The normalized spacial score (nSPS) is 15.6. The summed E-state index contributed by atoms with van der Waals surface area (Å²) >= 11 is 0. The summed E-state index contributed by atoms with van der Waals surface area (Å²) in [5.74, 6) is -0.740. The van der Waals surface area contributed by atoms with Crippen LogP contribution in [0.4, 0.5) is 10.1 Å². The minimum atomic E-state index is -3.85. The molecule has 34 heavy (non-hydrogen) atoms. The Morgan fingerprint density at radius 2 is 1.71 bits per heavy atom. The lowest BCUT2D eigenvalue weighted by molar-refractivity contribution is -0.120. The second-order valence-electron chi connectivity index (χ2n) is 8.38. The fourth-order valence-corrected chi connectivity index (χ4v) is 5.63. The average molecular weight is 484 g/mol. The van der Waals surface area contributed by atoms with Crippen LogP contribution < -0.4 is 5.32 Å². The molecule has 0 radical (unpaired) electrons. The van der Waals surface area contributed by atoms with Crippen molar-refractivity contribution >= 4 is 33.8 Å². The second-order valence-corrected chi connectivity index (χ2v) is 10.3. The number of carbonyl (C=O) groups excluding carboxylic acids is 1. The maximum atomic E-state index is 13.4. The Bertz CT molecular complexity index is 1290. The number of halogens is 1. The summed E-state index contributed by atoms with van der Waals surface area (Å²) in [5, 5.41) is 6.64. The van der Waals surface area contributed by atoms with Gasteiger partial charge in [-0.25, -0.2) is 12.8 Å². The van der Waals surface area contributed by atoms with Gasteiger partial charge in [0, 0.05) is 24.7 Å². The molecule has 3 aromatic rings. The highest BCUT2D eigenvalue weighted by molar-refractivity contribution is 7.89. The van der Waals surface area contributed by atoms with Crippen LogP contribution >= 0.6 is 0 Å². The summed E-state index contributed by atoms with van der Waals surface area (Å²) in [4.78, 5) is 12.6. The molecule has 2 heterocycles. The van der Waals surface area contributed by atoms with Crippen LogP contribution in [0.2, 0.25) is 0 Å². The predicted molar refractivity (Wildman–Crippen MR) is 128 cm³/mol. The monoisotopic (exact) mass is 483 g/mol. The molecule has 0 unspecified atom stereocenters. The number of benzene rings is 2. The number of nitrogens with zero attached hydrogens (tertiary/aromatic N) is 2. The lowest BCUT2D eigenvalue weighted by Gasteiger charge is -2.30. The van der Waals surface area contributed by atoms with Crippen molar-refractivity contribution in [3.63, 3.8) is 0 Å². The molecule has 7 nitrogen and oxygen atoms in total. The Morgan fingerprint density at radius 3 is 2.35 bits per heavy atom. The molecule has 2 aromatic carbocycles. The van der Waals surface area contributed by atoms with E-state index in [9.17, 15) is 17.6 Å². The minimum absolute atomic E-state index is 0.0464. The Kier molecular flexibility index (Phi) is 6.95. The zero-order chi connectivity index (χ0) is 24.3. The number of sulfonamides is 1. The first-order valence-electron chi connectivity index (χ1n) is 11.0. The van der Waals surface area contributed by atoms with Crippen LogP contribution in [0, 0.1) is 25.6 Å². The first-order valence-corrected chi connectivity index (χ1v) is 12.5. The van der Waals surface area contributed by atoms with E-state index in [4.69, 9.17) is 4.52 Å². The molecular weight excluding hydrogens is 457 g/mol. The number of nitrogens with one attached hydrogen (secondary N) is 1. The lowest BCUT2D eigenvalue weighted by Crippen LogP contribution is -2.41. The number of amides is 1. The summed E-state index contributed by atoms with van der Waals surface area (Å²) in [6, 6.07) is 13.4. The van der Waals surface area contributed by atoms with Gasteiger partial charge >= 0.3 is 0 Å². The number of piperidine rings is 1. The van der Waals surface area contributed by atoms with E-state index in [1.165, 1.54) is 28.6 Å². The molecule has 1 aromatic heterocycles. The summed E-state index contributed by atoms with van der Waals surface area (Å²) in [7, 11) is -3.85. The molecule has 178 valence electrons. The van der Waals surface area contributed by atoms with Crippen LogP contribution in [0.15, 0.2) is 57.9 Å². The van der Waals surface area contributed by atoms with Crippen LogP contribution in [-0.2, 0) is 14.8 Å². The van der Waals surface area contributed by atoms with Gasteiger partial charge in [-0.3, -0.25) is 4.79 Å². The summed E-state index contributed by atoms with van der Waals surface area (Å²) in [5.41, 5.74) is 2.84. The van der Waals surface area contributed by atoms with E-state index in [-0.39, 0.29) is 41.4 Å². The number of rotatable bonds is 6. The summed E-state index contributed by atoms with van der Waals surface area (Å²) < 4.78 is 46.6. The van der Waals surface area contributed by atoms with Crippen molar-refractivity contribution in [1.82, 2.24) is 9.46 Å². The molecular formula is C25H26FN3O4S. The van der Waals surface area contributed by atoms with Crippen LogP contribution in [0.5, 0.6) is 0 Å². The van der Waals surface area contributed by atoms with Gasteiger partial charge in [0.2, 0.25) is 15.9 Å². The Hall–Kier alpha value is -3.30. The van der Waals surface area contributed by atoms with Gasteiger partial charge in [-0.1, -0.05) is 41.1 Å². The second kappa shape index (κ2) is 9.90. The topological polar surface area (TPSA) is 92.5 Å². The largest absolute Gasteiger partial charge is 0.355 e. The third-order valence-electron chi connectivity index (χ3n) is 5.87. The Labute approximate surface area is 198 Å². The van der Waals surface area contributed by atoms with Crippen molar-refractivity contribution in [2.75, 3.05) is 18.4 Å². The molecule has 1 saturated heterocycles. The third kappa shape index (κ3) is 5.26. The number of carbonyl (C=O) groups is 1. The Morgan fingerprint density at radius 1 is 1.06 bits per heavy atom. The van der Waals surface area contributed by atoms with Gasteiger partial charge in [0.05, 0.1) is 0 Å². The van der Waals surface area contributed by atoms with E-state index in [0.717, 1.165) is 11.1 Å². The molecule has 0 bridgehead atoms. The standard InChI is InChI=1S/C25H26FN3O4S/c1-17-3-5-19(6-4-17)7-12-23-24(18(2)28-33-23)34(31,32)29-15-13-20(14-16-29)25(30)27-22-10-8-21(26)9-11-22/h3-12,20H,13-16H2,1-2H3,(H,27,30). The van der Waals surface area contributed by atoms with Gasteiger partial charge < -0.3 is 9.84 Å². The van der Waals surface area contributed by atoms with Crippen molar-refractivity contribution in [2.45, 2.75) is 31.6 Å². The first-order chi connectivity index (χ1) is 16.2. The maximum Gasteiger partial charge on any atom is 0.248 e. The first kappa shape index (κ1) is 23.8. The molecule has 0 aliphatic carbocycles. The highest BCUT2D eigenvalue weighted by Gasteiger charge is 2.35. The van der Waals surface area contributed by atoms with Gasteiger partial charge in [0.1, 0.15) is 11.5 Å². The summed E-state index contributed by atoms with van der Waals surface area (Å²) in [6.07, 6.45) is 4.15. The SMILES string of the molecule is Cc1ccc(C=Cc2onc(C)c2S(=O)(=O)N2CCC(C(=O)Nc3ccc(F)cc3)CC2)cc1. The van der Waals surface area contributed by atoms with E-state index < -0.39 is 10.0 Å². The lowest BCUT2D eigenvalue weighted by atomic mass is 9.97. The highest BCUT2D eigenvalue weighted by Crippen LogP contribution is 2.29. The van der Waals surface area contributed by atoms with Gasteiger partial charge in [-0.05, 0) is 62.6 Å². The molecule has 1 aliphatic heterocycles. The van der Waals surface area contributed by atoms with Crippen molar-refractivity contribution in [3.8, 4) is 0 Å². The molecule has 0 saturated carbocycles. The van der Waals surface area contributed by atoms with Gasteiger partial charge in [0.15, 0.2) is 10.7 Å². The zero-order valence-corrected chi connectivity index (χ0v) is 19.8. The van der Waals surface area contributed by atoms with E-state index in [0.29, 0.717) is 24.2 Å². The van der Waals surface area contributed by atoms with Gasteiger partial charge in [-0.15, -0.1) is 0 Å². The summed E-state index contributed by atoms with van der Waals surface area (Å²) in [6.45, 7) is 4.00. The number of anilines is 1. The number of hydrogen-bond acceptors (Lipinski definition) is 5. The minimum Gasteiger partial charge on any atom is -0.355 e. The van der Waals surface area contributed by atoms with Crippen molar-refractivity contribution in [1.29, 1.82) is 0 Å². The van der Waals surface area contributed by atoms with E-state index in [2.05, 4.69) is 10.5 Å². The molecule has 1 N–H and O–H groups in total. The average Bonchev–Trinajstić information content (AvgIpc) is 3.21.